The fourth-order valence-corrected chi connectivity index (χ4v) is 5.85. The van der Waals surface area contributed by atoms with Crippen LogP contribution in [0, 0.1) is 5.92 Å². The zero-order chi connectivity index (χ0) is 14.0. The molecule has 2 aliphatic rings. The largest absolute Gasteiger partial charge is 0.387 e. The summed E-state index contributed by atoms with van der Waals surface area (Å²) in [5.74, 6) is 2.79. The van der Waals surface area contributed by atoms with Crippen molar-refractivity contribution in [2.75, 3.05) is 18.1 Å². The maximum Gasteiger partial charge on any atom is 0.0914 e. The summed E-state index contributed by atoms with van der Waals surface area (Å²) in [6.07, 6.45) is 5.08. The highest BCUT2D eigenvalue weighted by Crippen LogP contribution is 2.44. The third-order valence-corrected chi connectivity index (χ3v) is 6.83. The predicted molar refractivity (Wildman–Crippen MR) is 86.6 cm³/mol. The van der Waals surface area contributed by atoms with Crippen LogP contribution in [0.4, 0.5) is 0 Å². The van der Waals surface area contributed by atoms with Gasteiger partial charge in [0, 0.05) is 11.5 Å². The van der Waals surface area contributed by atoms with Gasteiger partial charge in [-0.05, 0) is 66.5 Å². The van der Waals surface area contributed by atoms with Gasteiger partial charge in [-0.2, -0.15) is 11.8 Å². The van der Waals surface area contributed by atoms with Crippen molar-refractivity contribution in [1.82, 2.24) is 0 Å². The minimum absolute atomic E-state index is 0.0682. The van der Waals surface area contributed by atoms with Gasteiger partial charge in [-0.25, -0.2) is 0 Å². The van der Waals surface area contributed by atoms with E-state index in [1.165, 1.54) is 21.9 Å². The second-order valence-electron chi connectivity index (χ2n) is 6.01. The molecule has 0 radical (unpaired) electrons. The Hall–Kier alpha value is -0.0300. The smallest absolute Gasteiger partial charge is 0.0914 e. The number of aliphatic hydroxyl groups is 1. The number of hydrogen-bond acceptors (Lipinski definition) is 4. The van der Waals surface area contributed by atoms with Gasteiger partial charge >= 0.3 is 0 Å². The molecule has 0 aliphatic carbocycles. The first-order valence-corrected chi connectivity index (χ1v) is 9.73. The van der Waals surface area contributed by atoms with Crippen LogP contribution in [-0.4, -0.2) is 28.8 Å². The van der Waals surface area contributed by atoms with Crippen molar-refractivity contribution in [2.45, 2.75) is 50.7 Å². The zero-order valence-electron chi connectivity index (χ0n) is 12.1. The average molecular weight is 313 g/mol. The first kappa shape index (κ1) is 14.9. The molecule has 1 spiro atoms. The van der Waals surface area contributed by atoms with E-state index in [2.05, 4.69) is 18.4 Å². The van der Waals surface area contributed by atoms with Crippen molar-refractivity contribution in [3.05, 3.63) is 21.9 Å². The van der Waals surface area contributed by atoms with Crippen LogP contribution in [0.15, 0.2) is 11.4 Å². The van der Waals surface area contributed by atoms with E-state index in [9.17, 15) is 5.11 Å². The number of aliphatic hydroxyl groups excluding tert-OH is 1. The maximum atomic E-state index is 10.8. The molecule has 112 valence electrons. The Labute approximate surface area is 129 Å². The molecular weight excluding hydrogens is 288 g/mol. The topological polar surface area (TPSA) is 29.5 Å². The normalized spacial score (nSPS) is 27.6. The molecule has 2 aliphatic heterocycles. The van der Waals surface area contributed by atoms with E-state index in [1.807, 2.05) is 11.8 Å². The van der Waals surface area contributed by atoms with E-state index in [4.69, 9.17) is 4.74 Å². The fourth-order valence-electron chi connectivity index (χ4n) is 3.54. The highest BCUT2D eigenvalue weighted by atomic mass is 32.2. The van der Waals surface area contributed by atoms with Crippen molar-refractivity contribution in [3.63, 3.8) is 0 Å². The number of thiophene rings is 1. The highest BCUT2D eigenvalue weighted by Gasteiger charge is 2.41. The van der Waals surface area contributed by atoms with Crippen molar-refractivity contribution in [1.29, 1.82) is 0 Å². The van der Waals surface area contributed by atoms with E-state index >= 15 is 0 Å². The van der Waals surface area contributed by atoms with Gasteiger partial charge in [0.05, 0.1) is 11.7 Å². The lowest BCUT2D eigenvalue weighted by atomic mass is 9.79. The lowest BCUT2D eigenvalue weighted by Crippen LogP contribution is -2.44. The minimum Gasteiger partial charge on any atom is -0.387 e. The van der Waals surface area contributed by atoms with E-state index in [-0.39, 0.29) is 11.7 Å². The van der Waals surface area contributed by atoms with E-state index in [0.717, 1.165) is 38.7 Å². The summed E-state index contributed by atoms with van der Waals surface area (Å²) >= 11 is 3.75. The van der Waals surface area contributed by atoms with Crippen LogP contribution in [-0.2, 0) is 11.2 Å². The molecule has 2 atom stereocenters. The predicted octanol–water partition coefficient (Wildman–Crippen LogP) is 4.04. The Kier molecular flexibility index (Phi) is 4.75. The summed E-state index contributed by atoms with van der Waals surface area (Å²) in [6.45, 7) is 2.99. The van der Waals surface area contributed by atoms with Gasteiger partial charge in [0.2, 0.25) is 0 Å². The van der Waals surface area contributed by atoms with Crippen LogP contribution in [0.2, 0.25) is 0 Å². The Morgan fingerprint density at radius 3 is 3.00 bits per heavy atom. The van der Waals surface area contributed by atoms with Gasteiger partial charge in [0.15, 0.2) is 0 Å². The molecule has 2 nitrogen and oxygen atoms in total. The second kappa shape index (κ2) is 6.39. The van der Waals surface area contributed by atoms with E-state index in [0.29, 0.717) is 5.92 Å². The maximum absolute atomic E-state index is 10.8. The number of hydrogen-bond donors (Lipinski definition) is 1. The van der Waals surface area contributed by atoms with Crippen LogP contribution in [0.3, 0.4) is 0 Å². The van der Waals surface area contributed by atoms with E-state index in [1.54, 1.807) is 11.3 Å². The van der Waals surface area contributed by atoms with Crippen molar-refractivity contribution in [3.8, 4) is 0 Å². The second-order valence-corrected chi connectivity index (χ2v) is 8.18. The van der Waals surface area contributed by atoms with E-state index < -0.39 is 0 Å². The number of aryl methyl sites for hydroxylation is 1. The average Bonchev–Trinajstić information content (AvgIpc) is 2.96. The lowest BCUT2D eigenvalue weighted by molar-refractivity contribution is -0.121. The van der Waals surface area contributed by atoms with Gasteiger partial charge < -0.3 is 9.84 Å². The Balaban J connectivity index is 1.73. The molecule has 4 heteroatoms. The van der Waals surface area contributed by atoms with Crippen molar-refractivity contribution in [2.24, 2.45) is 5.92 Å². The first-order valence-electron chi connectivity index (χ1n) is 7.70. The van der Waals surface area contributed by atoms with Gasteiger partial charge in [-0.3, -0.25) is 0 Å². The zero-order valence-corrected chi connectivity index (χ0v) is 13.8. The van der Waals surface area contributed by atoms with Crippen LogP contribution >= 0.6 is 23.1 Å². The monoisotopic (exact) mass is 312 g/mol. The summed E-state index contributed by atoms with van der Waals surface area (Å²) in [5, 5.41) is 12.9. The number of ether oxygens (including phenoxy) is 1. The van der Waals surface area contributed by atoms with Gasteiger partial charge in [0.25, 0.3) is 0 Å². The summed E-state index contributed by atoms with van der Waals surface area (Å²) in [6, 6.07) is 2.16. The molecule has 2 fully saturated rings. The Bertz CT molecular complexity index is 432. The Morgan fingerprint density at radius 1 is 1.45 bits per heavy atom. The van der Waals surface area contributed by atoms with Crippen molar-refractivity contribution >= 4 is 23.1 Å². The van der Waals surface area contributed by atoms with Gasteiger partial charge in [0.1, 0.15) is 0 Å². The molecule has 0 aromatic carbocycles. The number of rotatable bonds is 3. The SMILES string of the molecule is CCc1ccsc1C(O)C1CCOC2(CCSCC2)C1. The molecule has 0 saturated carbocycles. The molecule has 3 rings (SSSR count). The van der Waals surface area contributed by atoms with Crippen LogP contribution in [0.1, 0.15) is 49.2 Å². The van der Waals surface area contributed by atoms with Crippen LogP contribution in [0.25, 0.3) is 0 Å². The summed E-state index contributed by atoms with van der Waals surface area (Å²) in [7, 11) is 0. The van der Waals surface area contributed by atoms with Crippen molar-refractivity contribution < 1.29 is 9.84 Å². The molecule has 3 heterocycles. The third-order valence-electron chi connectivity index (χ3n) is 4.81. The summed E-state index contributed by atoms with van der Waals surface area (Å²) in [4.78, 5) is 1.19. The standard InChI is InChI=1S/C16H24O2S2/c1-2-12-4-8-20-15(12)14(17)13-3-7-18-16(11-13)5-9-19-10-6-16/h4,8,13-14,17H,2-3,5-7,9-11H2,1H3. The Morgan fingerprint density at radius 2 is 2.25 bits per heavy atom. The molecular formula is C16H24O2S2. The van der Waals surface area contributed by atoms with Gasteiger partial charge in [-0.15, -0.1) is 11.3 Å². The van der Waals surface area contributed by atoms with Crippen LogP contribution in [0.5, 0.6) is 0 Å². The molecule has 0 bridgehead atoms. The molecule has 2 saturated heterocycles. The van der Waals surface area contributed by atoms with Gasteiger partial charge in [-0.1, -0.05) is 6.92 Å². The molecule has 0 amide bonds. The molecule has 1 aromatic heterocycles. The third kappa shape index (κ3) is 2.94. The molecule has 20 heavy (non-hydrogen) atoms. The van der Waals surface area contributed by atoms with Crippen LogP contribution < -0.4 is 0 Å². The first-order chi connectivity index (χ1) is 9.74. The minimum atomic E-state index is -0.291. The summed E-state index contributed by atoms with van der Waals surface area (Å²) in [5.41, 5.74) is 1.39. The molecule has 1 aromatic rings. The number of thioether (sulfide) groups is 1. The fraction of sp³-hybridized carbons (Fsp3) is 0.750. The summed E-state index contributed by atoms with van der Waals surface area (Å²) < 4.78 is 6.14. The highest BCUT2D eigenvalue weighted by molar-refractivity contribution is 7.99. The molecule has 2 unspecified atom stereocenters. The quantitative estimate of drug-likeness (QED) is 0.913. The molecule has 1 N–H and O–H groups in total. The lowest BCUT2D eigenvalue weighted by Gasteiger charge is -2.44.